The van der Waals surface area contributed by atoms with E-state index in [9.17, 15) is 4.79 Å². The molecule has 78 valence electrons. The third-order valence-electron chi connectivity index (χ3n) is 2.07. The van der Waals surface area contributed by atoms with Gasteiger partial charge in [0.05, 0.1) is 0 Å². The molecule has 0 spiro atoms. The van der Waals surface area contributed by atoms with E-state index in [-0.39, 0.29) is 5.91 Å². The molecule has 5 heteroatoms. The minimum absolute atomic E-state index is 0.0809. The van der Waals surface area contributed by atoms with Crippen LogP contribution in [0.15, 0.2) is 18.3 Å². The highest BCUT2D eigenvalue weighted by atomic mass is 16.1. The predicted octanol–water partition coefficient (Wildman–Crippen LogP) is 1.39. The van der Waals surface area contributed by atoms with Crippen molar-refractivity contribution in [3.05, 3.63) is 23.9 Å². The lowest BCUT2D eigenvalue weighted by molar-refractivity contribution is -0.115. The monoisotopic (exact) mass is 204 g/mol. The standard InChI is InChI=1S/C10H12N4O/c1-3-9(15)12-10-11-8-6-7(2)4-5-14(8)13-10/h4-6H,3H2,1-2H3,(H,12,13,15). The third-order valence-corrected chi connectivity index (χ3v) is 2.07. The molecule has 0 atom stereocenters. The Bertz CT molecular complexity index is 503. The van der Waals surface area contributed by atoms with E-state index in [4.69, 9.17) is 0 Å². The van der Waals surface area contributed by atoms with Gasteiger partial charge in [-0.05, 0) is 24.6 Å². The molecule has 0 aliphatic heterocycles. The molecule has 2 heterocycles. The zero-order valence-corrected chi connectivity index (χ0v) is 8.69. The number of carbonyl (C=O) groups is 1. The average Bonchev–Trinajstić information content (AvgIpc) is 2.59. The number of amides is 1. The van der Waals surface area contributed by atoms with Crippen LogP contribution in [-0.2, 0) is 4.79 Å². The Balaban J connectivity index is 2.34. The first-order chi connectivity index (χ1) is 7.19. The van der Waals surface area contributed by atoms with Crippen molar-refractivity contribution in [3.8, 4) is 0 Å². The number of aromatic nitrogens is 3. The molecule has 0 aliphatic rings. The smallest absolute Gasteiger partial charge is 0.249 e. The van der Waals surface area contributed by atoms with Crippen molar-refractivity contribution in [1.29, 1.82) is 0 Å². The summed E-state index contributed by atoms with van der Waals surface area (Å²) in [5, 5.41) is 6.73. The molecule has 5 nitrogen and oxygen atoms in total. The van der Waals surface area contributed by atoms with Crippen LogP contribution < -0.4 is 5.32 Å². The molecule has 0 aromatic carbocycles. The second-order valence-electron chi connectivity index (χ2n) is 3.34. The van der Waals surface area contributed by atoms with Gasteiger partial charge in [-0.25, -0.2) is 4.52 Å². The fourth-order valence-corrected chi connectivity index (χ4v) is 1.25. The number of rotatable bonds is 2. The van der Waals surface area contributed by atoms with Crippen molar-refractivity contribution < 1.29 is 4.79 Å². The highest BCUT2D eigenvalue weighted by molar-refractivity contribution is 5.88. The van der Waals surface area contributed by atoms with E-state index in [0.29, 0.717) is 12.4 Å². The molecule has 2 aromatic rings. The van der Waals surface area contributed by atoms with Gasteiger partial charge < -0.3 is 0 Å². The van der Waals surface area contributed by atoms with E-state index in [1.165, 1.54) is 0 Å². The van der Waals surface area contributed by atoms with Crippen LogP contribution in [-0.4, -0.2) is 20.5 Å². The van der Waals surface area contributed by atoms with E-state index in [2.05, 4.69) is 15.4 Å². The largest absolute Gasteiger partial charge is 0.293 e. The summed E-state index contributed by atoms with van der Waals surface area (Å²) < 4.78 is 1.64. The minimum atomic E-state index is -0.0809. The highest BCUT2D eigenvalue weighted by Gasteiger charge is 2.05. The lowest BCUT2D eigenvalue weighted by atomic mass is 10.3. The maximum atomic E-state index is 11.1. The Morgan fingerprint density at radius 3 is 3.13 bits per heavy atom. The molecule has 0 saturated heterocycles. The molecular formula is C10H12N4O. The summed E-state index contributed by atoms with van der Waals surface area (Å²) in [6, 6.07) is 3.85. The highest BCUT2D eigenvalue weighted by Crippen LogP contribution is 2.07. The summed E-state index contributed by atoms with van der Waals surface area (Å²) in [4.78, 5) is 15.3. The summed E-state index contributed by atoms with van der Waals surface area (Å²) >= 11 is 0. The summed E-state index contributed by atoms with van der Waals surface area (Å²) in [6.07, 6.45) is 2.24. The predicted molar refractivity (Wildman–Crippen MR) is 56.6 cm³/mol. The zero-order valence-electron chi connectivity index (χ0n) is 8.69. The van der Waals surface area contributed by atoms with Gasteiger partial charge in [0.2, 0.25) is 11.9 Å². The number of nitrogens with zero attached hydrogens (tertiary/aromatic N) is 3. The van der Waals surface area contributed by atoms with Gasteiger partial charge in [0.1, 0.15) is 0 Å². The summed E-state index contributed by atoms with van der Waals surface area (Å²) in [6.45, 7) is 3.77. The minimum Gasteiger partial charge on any atom is -0.293 e. The van der Waals surface area contributed by atoms with Gasteiger partial charge in [0.15, 0.2) is 5.65 Å². The topological polar surface area (TPSA) is 59.3 Å². The Hall–Kier alpha value is -1.91. The molecule has 0 fully saturated rings. The lowest BCUT2D eigenvalue weighted by Crippen LogP contribution is -2.10. The second-order valence-corrected chi connectivity index (χ2v) is 3.34. The van der Waals surface area contributed by atoms with Gasteiger partial charge in [-0.3, -0.25) is 10.1 Å². The fraction of sp³-hybridized carbons (Fsp3) is 0.300. The first kappa shape index (κ1) is 9.64. The number of carbonyl (C=O) groups excluding carboxylic acids is 1. The first-order valence-electron chi connectivity index (χ1n) is 4.82. The molecule has 0 saturated carbocycles. The molecule has 0 bridgehead atoms. The fourth-order valence-electron chi connectivity index (χ4n) is 1.25. The van der Waals surface area contributed by atoms with Gasteiger partial charge in [-0.1, -0.05) is 6.92 Å². The van der Waals surface area contributed by atoms with Crippen LogP contribution in [0.1, 0.15) is 18.9 Å². The zero-order chi connectivity index (χ0) is 10.8. The van der Waals surface area contributed by atoms with Crippen LogP contribution in [0.3, 0.4) is 0 Å². The van der Waals surface area contributed by atoms with Gasteiger partial charge in [0, 0.05) is 12.6 Å². The number of hydrogen-bond acceptors (Lipinski definition) is 3. The van der Waals surface area contributed by atoms with Crippen molar-refractivity contribution in [3.63, 3.8) is 0 Å². The Labute approximate surface area is 87.1 Å². The molecule has 1 amide bonds. The van der Waals surface area contributed by atoms with Gasteiger partial charge in [0.25, 0.3) is 0 Å². The number of pyridine rings is 1. The number of fused-ring (bicyclic) bond motifs is 1. The SMILES string of the molecule is CCC(=O)Nc1nc2cc(C)ccn2n1. The Morgan fingerprint density at radius 1 is 1.60 bits per heavy atom. The van der Waals surface area contributed by atoms with E-state index in [1.54, 1.807) is 11.4 Å². The normalized spacial score (nSPS) is 10.5. The van der Waals surface area contributed by atoms with Crippen LogP contribution in [0.2, 0.25) is 0 Å². The van der Waals surface area contributed by atoms with Gasteiger partial charge in [-0.2, -0.15) is 4.98 Å². The van der Waals surface area contributed by atoms with Gasteiger partial charge in [-0.15, -0.1) is 5.10 Å². The van der Waals surface area contributed by atoms with E-state index < -0.39 is 0 Å². The van der Waals surface area contributed by atoms with Crippen LogP contribution in [0.25, 0.3) is 5.65 Å². The maximum Gasteiger partial charge on any atom is 0.249 e. The molecule has 0 radical (unpaired) electrons. The Morgan fingerprint density at radius 2 is 2.40 bits per heavy atom. The molecule has 2 aromatic heterocycles. The lowest BCUT2D eigenvalue weighted by Gasteiger charge is -1.93. The van der Waals surface area contributed by atoms with E-state index in [1.807, 2.05) is 25.3 Å². The first-order valence-corrected chi connectivity index (χ1v) is 4.82. The van der Waals surface area contributed by atoms with Crippen LogP contribution in [0, 0.1) is 6.92 Å². The average molecular weight is 204 g/mol. The molecular weight excluding hydrogens is 192 g/mol. The van der Waals surface area contributed by atoms with Crippen molar-refractivity contribution >= 4 is 17.5 Å². The third kappa shape index (κ3) is 1.96. The summed E-state index contributed by atoms with van der Waals surface area (Å²) in [7, 11) is 0. The quantitative estimate of drug-likeness (QED) is 0.804. The van der Waals surface area contributed by atoms with Gasteiger partial charge >= 0.3 is 0 Å². The van der Waals surface area contributed by atoms with Crippen LogP contribution in [0.4, 0.5) is 5.95 Å². The molecule has 2 rings (SSSR count). The molecule has 0 unspecified atom stereocenters. The molecule has 15 heavy (non-hydrogen) atoms. The van der Waals surface area contributed by atoms with E-state index in [0.717, 1.165) is 11.2 Å². The number of hydrogen-bond donors (Lipinski definition) is 1. The van der Waals surface area contributed by atoms with Crippen LogP contribution >= 0.6 is 0 Å². The number of nitrogens with one attached hydrogen (secondary N) is 1. The molecule has 0 aliphatic carbocycles. The van der Waals surface area contributed by atoms with Crippen molar-refractivity contribution in [2.45, 2.75) is 20.3 Å². The van der Waals surface area contributed by atoms with Crippen molar-refractivity contribution in [2.75, 3.05) is 5.32 Å². The number of anilines is 1. The maximum absolute atomic E-state index is 11.1. The van der Waals surface area contributed by atoms with Crippen molar-refractivity contribution in [1.82, 2.24) is 14.6 Å². The number of aryl methyl sites for hydroxylation is 1. The Kier molecular flexibility index (Phi) is 2.37. The van der Waals surface area contributed by atoms with E-state index >= 15 is 0 Å². The summed E-state index contributed by atoms with van der Waals surface area (Å²) in [5.41, 5.74) is 1.85. The summed E-state index contributed by atoms with van der Waals surface area (Å²) in [5.74, 6) is 0.273. The van der Waals surface area contributed by atoms with Crippen LogP contribution in [0.5, 0.6) is 0 Å². The van der Waals surface area contributed by atoms with Crippen molar-refractivity contribution in [2.24, 2.45) is 0 Å². The second kappa shape index (κ2) is 3.68. The molecule has 1 N–H and O–H groups in total.